The van der Waals surface area contributed by atoms with Crippen LogP contribution in [0.2, 0.25) is 10.0 Å². The summed E-state index contributed by atoms with van der Waals surface area (Å²) in [5.74, 6) is -0.379. The van der Waals surface area contributed by atoms with Crippen LogP contribution < -0.4 is 4.90 Å². The molecule has 0 spiro atoms. The molecule has 2 heterocycles. The summed E-state index contributed by atoms with van der Waals surface area (Å²) in [4.78, 5) is 29.8. The van der Waals surface area contributed by atoms with Gasteiger partial charge in [0.05, 0.1) is 5.69 Å². The molecule has 4 rings (SSSR count). The van der Waals surface area contributed by atoms with Gasteiger partial charge in [-0.05, 0) is 48.7 Å². The average Bonchev–Trinajstić information content (AvgIpc) is 3.10. The van der Waals surface area contributed by atoms with Crippen molar-refractivity contribution in [3.05, 3.63) is 75.2 Å². The molecule has 7 heteroatoms. The molecule has 2 aromatic rings. The summed E-state index contributed by atoms with van der Waals surface area (Å²) in [7, 11) is 0. The van der Waals surface area contributed by atoms with Crippen LogP contribution in [0.25, 0.3) is 0 Å². The Hall–Kier alpha value is -1.82. The molecule has 2 aromatic carbocycles. The number of imide groups is 1. The lowest BCUT2D eigenvalue weighted by Gasteiger charge is -2.33. The molecule has 2 saturated heterocycles. The molecule has 2 fully saturated rings. The van der Waals surface area contributed by atoms with Crippen LogP contribution in [0.1, 0.15) is 24.3 Å². The Morgan fingerprint density at radius 2 is 1.79 bits per heavy atom. The number of rotatable bonds is 4. The van der Waals surface area contributed by atoms with E-state index in [0.29, 0.717) is 28.7 Å². The highest BCUT2D eigenvalue weighted by Crippen LogP contribution is 2.50. The normalized spacial score (nSPS) is 24.0. The van der Waals surface area contributed by atoms with E-state index in [1.54, 1.807) is 29.2 Å². The third kappa shape index (κ3) is 2.88. The number of carbonyl (C=O) groups excluding carboxylic acids is 2. The van der Waals surface area contributed by atoms with Crippen molar-refractivity contribution in [1.82, 2.24) is 4.90 Å². The smallest absolute Gasteiger partial charge is 0.308 e. The fraction of sp³-hybridized carbons (Fsp3) is 0.238. The second kappa shape index (κ2) is 7.21. The van der Waals surface area contributed by atoms with E-state index in [1.807, 2.05) is 24.3 Å². The monoisotopic (exact) mass is 478 g/mol. The van der Waals surface area contributed by atoms with E-state index in [4.69, 9.17) is 23.2 Å². The molecule has 3 amide bonds. The standard InChI is InChI=1S/C21H17BrCl2N2O2/c1-2-8-21-18(13-3-5-14(22)6-4-13)7-9-25(21)20(28)26(19(21)27)17-11-15(23)10-16(24)12-17/h2-6,10-12,18H,1,7-9H2. The Labute approximate surface area is 181 Å². The van der Waals surface area contributed by atoms with Crippen LogP contribution in [-0.2, 0) is 4.79 Å². The van der Waals surface area contributed by atoms with Gasteiger partial charge < -0.3 is 4.90 Å². The molecule has 28 heavy (non-hydrogen) atoms. The largest absolute Gasteiger partial charge is 0.332 e. The minimum absolute atomic E-state index is 0.116. The number of hydrogen-bond donors (Lipinski definition) is 0. The molecular weight excluding hydrogens is 463 g/mol. The van der Waals surface area contributed by atoms with Gasteiger partial charge in [0.2, 0.25) is 0 Å². The first-order valence-corrected chi connectivity index (χ1v) is 10.4. The number of amides is 3. The van der Waals surface area contributed by atoms with Crippen LogP contribution in [0.4, 0.5) is 10.5 Å². The molecule has 2 atom stereocenters. The minimum Gasteiger partial charge on any atom is -0.308 e. The Kier molecular flexibility index (Phi) is 5.02. The summed E-state index contributed by atoms with van der Waals surface area (Å²) in [5, 5.41) is 0.745. The van der Waals surface area contributed by atoms with E-state index in [2.05, 4.69) is 22.5 Å². The van der Waals surface area contributed by atoms with Crippen LogP contribution in [0.3, 0.4) is 0 Å². The van der Waals surface area contributed by atoms with Gasteiger partial charge in [-0.1, -0.05) is 57.3 Å². The summed E-state index contributed by atoms with van der Waals surface area (Å²) in [6.07, 6.45) is 2.81. The highest BCUT2D eigenvalue weighted by molar-refractivity contribution is 9.10. The minimum atomic E-state index is -0.985. The molecule has 0 N–H and O–H groups in total. The van der Waals surface area contributed by atoms with E-state index in [9.17, 15) is 9.59 Å². The third-order valence-corrected chi connectivity index (χ3v) is 6.49. The molecule has 0 saturated carbocycles. The van der Waals surface area contributed by atoms with E-state index in [-0.39, 0.29) is 17.9 Å². The van der Waals surface area contributed by atoms with Gasteiger partial charge in [-0.15, -0.1) is 6.58 Å². The molecule has 0 radical (unpaired) electrons. The summed E-state index contributed by atoms with van der Waals surface area (Å²) >= 11 is 15.7. The molecule has 0 aromatic heterocycles. The van der Waals surface area contributed by atoms with Crippen molar-refractivity contribution in [3.63, 3.8) is 0 Å². The Balaban J connectivity index is 1.83. The van der Waals surface area contributed by atoms with Crippen LogP contribution in [0.15, 0.2) is 59.6 Å². The molecule has 4 nitrogen and oxygen atoms in total. The van der Waals surface area contributed by atoms with Gasteiger partial charge >= 0.3 is 6.03 Å². The maximum atomic E-state index is 13.7. The van der Waals surface area contributed by atoms with Crippen molar-refractivity contribution >= 4 is 56.8 Å². The van der Waals surface area contributed by atoms with Crippen molar-refractivity contribution in [2.24, 2.45) is 0 Å². The number of hydrogen-bond acceptors (Lipinski definition) is 2. The van der Waals surface area contributed by atoms with Crippen LogP contribution in [0.5, 0.6) is 0 Å². The topological polar surface area (TPSA) is 40.6 Å². The SMILES string of the molecule is C=CCC12C(=O)N(c3cc(Cl)cc(Cl)c3)C(=O)N1CCC2c1ccc(Br)cc1. The van der Waals surface area contributed by atoms with Gasteiger partial charge in [-0.3, -0.25) is 4.79 Å². The lowest BCUT2D eigenvalue weighted by molar-refractivity contribution is -0.124. The first-order valence-electron chi connectivity index (χ1n) is 8.87. The van der Waals surface area contributed by atoms with Gasteiger partial charge in [0.25, 0.3) is 5.91 Å². The quantitative estimate of drug-likeness (QED) is 0.397. The van der Waals surface area contributed by atoms with Gasteiger partial charge in [0, 0.05) is 27.0 Å². The first-order chi connectivity index (χ1) is 13.4. The number of fused-ring (bicyclic) bond motifs is 1. The number of nitrogens with zero attached hydrogens (tertiary/aromatic N) is 2. The molecule has 144 valence electrons. The number of halogens is 3. The van der Waals surface area contributed by atoms with Crippen molar-refractivity contribution in [2.75, 3.05) is 11.4 Å². The highest BCUT2D eigenvalue weighted by atomic mass is 79.9. The lowest BCUT2D eigenvalue weighted by atomic mass is 9.77. The number of urea groups is 1. The Morgan fingerprint density at radius 3 is 2.39 bits per heavy atom. The number of anilines is 1. The van der Waals surface area contributed by atoms with Crippen molar-refractivity contribution in [1.29, 1.82) is 0 Å². The second-order valence-electron chi connectivity index (χ2n) is 7.01. The second-order valence-corrected chi connectivity index (χ2v) is 8.80. The van der Waals surface area contributed by atoms with Gasteiger partial charge in [0.15, 0.2) is 0 Å². The fourth-order valence-corrected chi connectivity index (χ4v) is 5.19. The number of benzene rings is 2. The Bertz CT molecular complexity index is 959. The van der Waals surface area contributed by atoms with Crippen LogP contribution in [0, 0.1) is 0 Å². The van der Waals surface area contributed by atoms with Gasteiger partial charge in [-0.2, -0.15) is 0 Å². The molecular formula is C21H17BrCl2N2O2. The summed E-state index contributed by atoms with van der Waals surface area (Å²) < 4.78 is 0.966. The zero-order valence-electron chi connectivity index (χ0n) is 14.9. The lowest BCUT2D eigenvalue weighted by Crippen LogP contribution is -2.48. The average molecular weight is 480 g/mol. The van der Waals surface area contributed by atoms with Crippen molar-refractivity contribution in [2.45, 2.75) is 24.3 Å². The van der Waals surface area contributed by atoms with E-state index >= 15 is 0 Å². The predicted octanol–water partition coefficient (Wildman–Crippen LogP) is 6.03. The van der Waals surface area contributed by atoms with Gasteiger partial charge in [0.1, 0.15) is 5.54 Å². The van der Waals surface area contributed by atoms with Crippen LogP contribution >= 0.6 is 39.1 Å². The highest BCUT2D eigenvalue weighted by Gasteiger charge is 2.64. The summed E-state index contributed by atoms with van der Waals surface area (Å²) in [6.45, 7) is 4.35. The predicted molar refractivity (Wildman–Crippen MR) is 115 cm³/mol. The van der Waals surface area contributed by atoms with Crippen molar-refractivity contribution in [3.8, 4) is 0 Å². The zero-order valence-corrected chi connectivity index (χ0v) is 18.0. The van der Waals surface area contributed by atoms with Crippen molar-refractivity contribution < 1.29 is 9.59 Å². The molecule has 0 aliphatic carbocycles. The Morgan fingerprint density at radius 1 is 1.14 bits per heavy atom. The first kappa shape index (κ1) is 19.5. The fourth-order valence-electron chi connectivity index (χ4n) is 4.41. The van der Waals surface area contributed by atoms with E-state index in [1.165, 1.54) is 4.90 Å². The maximum absolute atomic E-state index is 13.7. The third-order valence-electron chi connectivity index (χ3n) is 5.53. The van der Waals surface area contributed by atoms with E-state index < -0.39 is 5.54 Å². The van der Waals surface area contributed by atoms with E-state index in [0.717, 1.165) is 16.5 Å². The molecule has 2 unspecified atom stereocenters. The molecule has 2 aliphatic heterocycles. The van der Waals surface area contributed by atoms with Gasteiger partial charge in [-0.25, -0.2) is 9.69 Å². The molecule has 2 aliphatic rings. The number of carbonyl (C=O) groups is 2. The molecule has 0 bridgehead atoms. The maximum Gasteiger partial charge on any atom is 0.332 e. The van der Waals surface area contributed by atoms with Crippen LogP contribution in [-0.4, -0.2) is 28.9 Å². The zero-order chi connectivity index (χ0) is 20.1. The summed E-state index contributed by atoms with van der Waals surface area (Å²) in [5.41, 5.74) is 0.432. The summed E-state index contributed by atoms with van der Waals surface area (Å²) in [6, 6.07) is 12.3.